The number of aliphatic hydroxyl groups is 4. The molecule has 1 saturated heterocycles. The van der Waals surface area contributed by atoms with Crippen molar-refractivity contribution in [2.45, 2.75) is 37.1 Å². The largest absolute Gasteiger partial charge is 0.394 e. The van der Waals surface area contributed by atoms with E-state index in [-0.39, 0.29) is 6.61 Å². The van der Waals surface area contributed by atoms with Gasteiger partial charge in [-0.3, -0.25) is 0 Å². The van der Waals surface area contributed by atoms with E-state index in [1.165, 1.54) is 0 Å². The first-order valence-corrected chi connectivity index (χ1v) is 5.24. The number of ether oxygens (including phenoxy) is 2. The summed E-state index contributed by atoms with van der Waals surface area (Å²) in [7, 11) is 0. The lowest BCUT2D eigenvalue weighted by Crippen LogP contribution is -2.59. The Hall–Kier alpha value is -0.280. The van der Waals surface area contributed by atoms with Crippen molar-refractivity contribution in [1.82, 2.24) is 0 Å². The number of nitrogens with two attached hydrogens (primary N) is 1. The average Bonchev–Trinajstić information content (AvgIpc) is 2.29. The van der Waals surface area contributed by atoms with Crippen molar-refractivity contribution in [1.29, 1.82) is 0 Å². The second kappa shape index (κ2) is 6.45. The van der Waals surface area contributed by atoms with Crippen molar-refractivity contribution < 1.29 is 29.9 Å². The Bertz CT molecular complexity index is 202. The molecular weight excluding hydrogens is 218 g/mol. The van der Waals surface area contributed by atoms with E-state index in [1.807, 2.05) is 0 Å². The van der Waals surface area contributed by atoms with Gasteiger partial charge in [0.1, 0.15) is 24.4 Å². The molecule has 1 heterocycles. The van der Waals surface area contributed by atoms with Gasteiger partial charge in [-0.2, -0.15) is 0 Å². The molecule has 0 unspecified atom stereocenters. The van der Waals surface area contributed by atoms with Crippen molar-refractivity contribution in [2.24, 2.45) is 5.73 Å². The molecule has 0 amide bonds. The first-order chi connectivity index (χ1) is 7.61. The Balaban J connectivity index is 2.50. The lowest BCUT2D eigenvalue weighted by Gasteiger charge is -2.39. The van der Waals surface area contributed by atoms with Gasteiger partial charge < -0.3 is 35.6 Å². The zero-order valence-electron chi connectivity index (χ0n) is 8.90. The summed E-state index contributed by atoms with van der Waals surface area (Å²) < 4.78 is 10.3. The number of rotatable bonds is 5. The fourth-order valence-corrected chi connectivity index (χ4v) is 1.49. The fraction of sp³-hybridized carbons (Fsp3) is 1.00. The van der Waals surface area contributed by atoms with Gasteiger partial charge in [-0.25, -0.2) is 0 Å². The van der Waals surface area contributed by atoms with Crippen LogP contribution in [0.2, 0.25) is 0 Å². The SMILES string of the molecule is NCCCO[C@@H]1O[C@H](CO)[C@@H](O)[C@H](O)[C@@H]1O. The van der Waals surface area contributed by atoms with E-state index in [4.69, 9.17) is 20.3 Å². The Kier molecular flexibility index (Phi) is 5.56. The van der Waals surface area contributed by atoms with Gasteiger partial charge in [0, 0.05) is 0 Å². The molecule has 96 valence electrons. The molecule has 7 heteroatoms. The summed E-state index contributed by atoms with van der Waals surface area (Å²) in [5, 5.41) is 37.4. The average molecular weight is 237 g/mol. The third-order valence-corrected chi connectivity index (χ3v) is 2.48. The minimum absolute atomic E-state index is 0.277. The van der Waals surface area contributed by atoms with Crippen LogP contribution >= 0.6 is 0 Å². The first kappa shape index (κ1) is 13.8. The molecule has 0 radical (unpaired) electrons. The van der Waals surface area contributed by atoms with Crippen molar-refractivity contribution in [3.63, 3.8) is 0 Å². The predicted octanol–water partition coefficient (Wildman–Crippen LogP) is -2.85. The Morgan fingerprint density at radius 2 is 1.81 bits per heavy atom. The highest BCUT2D eigenvalue weighted by atomic mass is 16.7. The molecule has 5 atom stereocenters. The predicted molar refractivity (Wildman–Crippen MR) is 53.4 cm³/mol. The molecule has 1 rings (SSSR count). The standard InChI is InChI=1S/C9H19NO6/c10-2-1-3-15-9-8(14)7(13)6(12)5(4-11)16-9/h5-9,11-14H,1-4,10H2/t5-,6-,7+,8+,9-/m1/s1. The number of aliphatic hydroxyl groups excluding tert-OH is 4. The zero-order valence-corrected chi connectivity index (χ0v) is 8.90. The van der Waals surface area contributed by atoms with E-state index in [0.29, 0.717) is 13.0 Å². The van der Waals surface area contributed by atoms with Crippen LogP contribution in [-0.4, -0.2) is 70.9 Å². The van der Waals surface area contributed by atoms with E-state index in [0.717, 1.165) is 0 Å². The molecule has 0 aromatic rings. The summed E-state index contributed by atoms with van der Waals surface area (Å²) in [4.78, 5) is 0. The van der Waals surface area contributed by atoms with Crippen molar-refractivity contribution >= 4 is 0 Å². The summed E-state index contributed by atoms with van der Waals surface area (Å²) in [6.45, 7) is 0.262. The second-order valence-corrected chi connectivity index (χ2v) is 3.71. The second-order valence-electron chi connectivity index (χ2n) is 3.71. The highest BCUT2D eigenvalue weighted by Gasteiger charge is 2.43. The highest BCUT2D eigenvalue weighted by molar-refractivity contribution is 4.88. The van der Waals surface area contributed by atoms with Gasteiger partial charge in [0.25, 0.3) is 0 Å². The van der Waals surface area contributed by atoms with Crippen LogP contribution in [0.5, 0.6) is 0 Å². The molecule has 1 aliphatic rings. The molecule has 0 aromatic heterocycles. The number of hydrogen-bond acceptors (Lipinski definition) is 7. The molecule has 0 aliphatic carbocycles. The Morgan fingerprint density at radius 3 is 2.38 bits per heavy atom. The van der Waals surface area contributed by atoms with E-state index < -0.39 is 37.3 Å². The molecule has 16 heavy (non-hydrogen) atoms. The molecule has 7 nitrogen and oxygen atoms in total. The lowest BCUT2D eigenvalue weighted by molar-refractivity contribution is -0.301. The molecule has 1 aliphatic heterocycles. The van der Waals surface area contributed by atoms with E-state index in [2.05, 4.69) is 0 Å². The van der Waals surface area contributed by atoms with Crippen molar-refractivity contribution in [2.75, 3.05) is 19.8 Å². The fourth-order valence-electron chi connectivity index (χ4n) is 1.49. The van der Waals surface area contributed by atoms with Crippen LogP contribution in [0.15, 0.2) is 0 Å². The zero-order chi connectivity index (χ0) is 12.1. The summed E-state index contributed by atoms with van der Waals surface area (Å²) in [6.07, 6.45) is -5.48. The maximum atomic E-state index is 9.55. The Morgan fingerprint density at radius 1 is 1.12 bits per heavy atom. The molecule has 6 N–H and O–H groups in total. The van der Waals surface area contributed by atoms with Gasteiger partial charge in [0.15, 0.2) is 6.29 Å². The van der Waals surface area contributed by atoms with E-state index in [1.54, 1.807) is 0 Å². The van der Waals surface area contributed by atoms with Crippen LogP contribution in [0.3, 0.4) is 0 Å². The lowest BCUT2D eigenvalue weighted by atomic mass is 9.99. The van der Waals surface area contributed by atoms with Crippen LogP contribution in [0.25, 0.3) is 0 Å². The monoisotopic (exact) mass is 237 g/mol. The van der Waals surface area contributed by atoms with Gasteiger partial charge in [0.2, 0.25) is 0 Å². The molecule has 0 spiro atoms. The van der Waals surface area contributed by atoms with Crippen molar-refractivity contribution in [3.8, 4) is 0 Å². The summed E-state index contributed by atoms with van der Waals surface area (Å²) >= 11 is 0. The summed E-state index contributed by atoms with van der Waals surface area (Å²) in [6, 6.07) is 0. The van der Waals surface area contributed by atoms with Gasteiger partial charge in [-0.1, -0.05) is 0 Å². The van der Waals surface area contributed by atoms with Crippen LogP contribution in [0.4, 0.5) is 0 Å². The third-order valence-electron chi connectivity index (χ3n) is 2.48. The maximum absolute atomic E-state index is 9.55. The normalized spacial score (nSPS) is 39.9. The Labute approximate surface area is 93.4 Å². The maximum Gasteiger partial charge on any atom is 0.186 e. The van der Waals surface area contributed by atoms with Gasteiger partial charge in [-0.05, 0) is 13.0 Å². The summed E-state index contributed by atoms with van der Waals surface area (Å²) in [5.74, 6) is 0. The van der Waals surface area contributed by atoms with Crippen molar-refractivity contribution in [3.05, 3.63) is 0 Å². The van der Waals surface area contributed by atoms with Crippen LogP contribution in [-0.2, 0) is 9.47 Å². The van der Waals surface area contributed by atoms with Gasteiger partial charge >= 0.3 is 0 Å². The van der Waals surface area contributed by atoms with Crippen LogP contribution < -0.4 is 5.73 Å². The summed E-state index contributed by atoms with van der Waals surface area (Å²) in [5.41, 5.74) is 5.27. The first-order valence-electron chi connectivity index (χ1n) is 5.24. The van der Waals surface area contributed by atoms with E-state index in [9.17, 15) is 15.3 Å². The topological polar surface area (TPSA) is 125 Å². The molecular formula is C9H19NO6. The molecule has 0 saturated carbocycles. The molecule has 0 aromatic carbocycles. The quantitative estimate of drug-likeness (QED) is 0.326. The minimum Gasteiger partial charge on any atom is -0.394 e. The smallest absolute Gasteiger partial charge is 0.186 e. The minimum atomic E-state index is -1.39. The molecule has 1 fully saturated rings. The van der Waals surface area contributed by atoms with Gasteiger partial charge in [0.05, 0.1) is 13.2 Å². The highest BCUT2D eigenvalue weighted by Crippen LogP contribution is 2.21. The van der Waals surface area contributed by atoms with Crippen LogP contribution in [0, 0.1) is 0 Å². The third kappa shape index (κ3) is 3.11. The van der Waals surface area contributed by atoms with Crippen LogP contribution in [0.1, 0.15) is 6.42 Å². The number of hydrogen-bond donors (Lipinski definition) is 5. The van der Waals surface area contributed by atoms with E-state index >= 15 is 0 Å². The molecule has 0 bridgehead atoms. The van der Waals surface area contributed by atoms with Gasteiger partial charge in [-0.15, -0.1) is 0 Å².